The van der Waals surface area contributed by atoms with Gasteiger partial charge in [-0.05, 0) is 50.3 Å². The molecule has 128 valence electrons. The minimum atomic E-state index is 0.813. The van der Waals surface area contributed by atoms with E-state index in [2.05, 4.69) is 93.7 Å². The molecule has 2 aromatic heterocycles. The average molecular weight is 411 g/mol. The van der Waals surface area contributed by atoms with E-state index in [4.69, 9.17) is 4.98 Å². The van der Waals surface area contributed by atoms with Crippen molar-refractivity contribution in [3.63, 3.8) is 0 Å². The van der Waals surface area contributed by atoms with Gasteiger partial charge in [0.15, 0.2) is 0 Å². The highest BCUT2D eigenvalue weighted by molar-refractivity contribution is 9.10. The van der Waals surface area contributed by atoms with Crippen LogP contribution in [0.15, 0.2) is 95.7 Å². The van der Waals surface area contributed by atoms with E-state index in [1.54, 1.807) is 0 Å². The molecule has 0 aliphatic rings. The first-order valence-corrected chi connectivity index (χ1v) is 9.59. The Hall–Kier alpha value is -3.04. The molecule has 0 spiro atoms. The Labute approximate surface area is 165 Å². The number of hydrogen-bond donors (Lipinski definition) is 0. The Morgan fingerprint density at radius 3 is 1.85 bits per heavy atom. The van der Waals surface area contributed by atoms with Crippen LogP contribution >= 0.6 is 15.9 Å². The maximum atomic E-state index is 4.78. The Kier molecular flexibility index (Phi) is 3.95. The van der Waals surface area contributed by atoms with Gasteiger partial charge in [-0.2, -0.15) is 0 Å². The lowest BCUT2D eigenvalue weighted by Crippen LogP contribution is -1.91. The number of rotatable bonds is 2. The average Bonchev–Trinajstić information content (AvgIpc) is 2.74. The first-order chi connectivity index (χ1) is 13.3. The summed E-state index contributed by atoms with van der Waals surface area (Å²) in [6.45, 7) is 0. The number of aromatic nitrogens is 2. The Bertz CT molecular complexity index is 1270. The van der Waals surface area contributed by atoms with Gasteiger partial charge >= 0.3 is 0 Å². The molecule has 0 saturated heterocycles. The minimum absolute atomic E-state index is 0.813. The summed E-state index contributed by atoms with van der Waals surface area (Å²) in [7, 11) is 0. The van der Waals surface area contributed by atoms with Crippen molar-refractivity contribution in [3.05, 3.63) is 95.7 Å². The fourth-order valence-electron chi connectivity index (χ4n) is 3.60. The second-order valence-electron chi connectivity index (χ2n) is 6.44. The molecule has 0 N–H and O–H groups in total. The second kappa shape index (κ2) is 6.60. The summed E-state index contributed by atoms with van der Waals surface area (Å²) in [5, 5.41) is 2.22. The molecule has 0 bridgehead atoms. The Balaban J connectivity index is 1.86. The van der Waals surface area contributed by atoms with Crippen LogP contribution in [0.4, 0.5) is 0 Å². The quantitative estimate of drug-likeness (QED) is 0.234. The van der Waals surface area contributed by atoms with Gasteiger partial charge in [0, 0.05) is 17.0 Å². The Morgan fingerprint density at radius 1 is 0.593 bits per heavy atom. The highest BCUT2D eigenvalue weighted by Gasteiger charge is 2.13. The molecule has 3 aromatic carbocycles. The summed E-state index contributed by atoms with van der Waals surface area (Å²) in [5.74, 6) is 0. The number of fused-ring (bicyclic) bond motifs is 3. The van der Waals surface area contributed by atoms with Gasteiger partial charge in [0.2, 0.25) is 0 Å². The van der Waals surface area contributed by atoms with Gasteiger partial charge in [0.1, 0.15) is 4.60 Å². The van der Waals surface area contributed by atoms with E-state index in [-0.39, 0.29) is 0 Å². The third-order valence-electron chi connectivity index (χ3n) is 4.83. The molecule has 0 unspecified atom stereocenters. The lowest BCUT2D eigenvalue weighted by Gasteiger charge is -2.12. The molecule has 0 atom stereocenters. The van der Waals surface area contributed by atoms with Crippen LogP contribution in [0.25, 0.3) is 44.1 Å². The molecule has 0 aliphatic heterocycles. The van der Waals surface area contributed by atoms with Crippen molar-refractivity contribution in [2.24, 2.45) is 0 Å². The first kappa shape index (κ1) is 16.2. The summed E-state index contributed by atoms with van der Waals surface area (Å²) < 4.78 is 0.813. The number of halogens is 1. The van der Waals surface area contributed by atoms with Crippen LogP contribution in [0.1, 0.15) is 0 Å². The van der Waals surface area contributed by atoms with Gasteiger partial charge in [-0.25, -0.2) is 4.98 Å². The molecular weight excluding hydrogens is 396 g/mol. The van der Waals surface area contributed by atoms with E-state index in [1.165, 1.54) is 16.7 Å². The largest absolute Gasteiger partial charge is 0.254 e. The van der Waals surface area contributed by atoms with Crippen LogP contribution < -0.4 is 0 Å². The SMILES string of the molecule is Brc1cc(-c2ccccc2)c2ccc3c(-c4ccccc4)ccnc3c2n1. The first-order valence-electron chi connectivity index (χ1n) is 8.80. The molecule has 0 saturated carbocycles. The normalized spacial score (nSPS) is 11.1. The molecule has 2 heterocycles. The van der Waals surface area contributed by atoms with Crippen molar-refractivity contribution in [1.29, 1.82) is 0 Å². The van der Waals surface area contributed by atoms with Crippen LogP contribution in [0.5, 0.6) is 0 Å². The van der Waals surface area contributed by atoms with E-state index in [0.717, 1.165) is 32.0 Å². The zero-order chi connectivity index (χ0) is 18.2. The minimum Gasteiger partial charge on any atom is -0.254 e. The number of pyridine rings is 2. The molecule has 0 fully saturated rings. The zero-order valence-corrected chi connectivity index (χ0v) is 16.0. The molecule has 2 nitrogen and oxygen atoms in total. The third kappa shape index (κ3) is 2.81. The van der Waals surface area contributed by atoms with E-state index < -0.39 is 0 Å². The highest BCUT2D eigenvalue weighted by Crippen LogP contribution is 2.36. The Morgan fingerprint density at radius 2 is 1.19 bits per heavy atom. The van der Waals surface area contributed by atoms with Crippen LogP contribution in [0.3, 0.4) is 0 Å². The van der Waals surface area contributed by atoms with Gasteiger partial charge in [0.25, 0.3) is 0 Å². The van der Waals surface area contributed by atoms with Crippen molar-refractivity contribution < 1.29 is 0 Å². The van der Waals surface area contributed by atoms with E-state index in [9.17, 15) is 0 Å². The van der Waals surface area contributed by atoms with Crippen molar-refractivity contribution in [3.8, 4) is 22.3 Å². The van der Waals surface area contributed by atoms with Crippen LogP contribution in [0, 0.1) is 0 Å². The van der Waals surface area contributed by atoms with E-state index >= 15 is 0 Å². The smallest absolute Gasteiger partial charge is 0.107 e. The molecule has 0 radical (unpaired) electrons. The van der Waals surface area contributed by atoms with Gasteiger partial charge in [0.05, 0.1) is 11.0 Å². The standard InChI is InChI=1S/C24H15BrN2/c25-22-15-21(17-9-5-2-6-10-17)20-12-11-19-18(16-7-3-1-4-8-16)13-14-26-23(19)24(20)27-22/h1-15H. The molecule has 3 heteroatoms. The van der Waals surface area contributed by atoms with Crippen molar-refractivity contribution >= 4 is 37.7 Å². The summed E-state index contributed by atoms with van der Waals surface area (Å²) in [6, 6.07) is 29.3. The zero-order valence-electron chi connectivity index (χ0n) is 14.4. The van der Waals surface area contributed by atoms with E-state index in [0.29, 0.717) is 0 Å². The number of nitrogens with zero attached hydrogens (tertiary/aromatic N) is 2. The summed E-state index contributed by atoms with van der Waals surface area (Å²) in [6.07, 6.45) is 1.87. The molecule has 0 amide bonds. The highest BCUT2D eigenvalue weighted by atomic mass is 79.9. The predicted octanol–water partition coefficient (Wildman–Crippen LogP) is 6.88. The lowest BCUT2D eigenvalue weighted by atomic mass is 9.96. The van der Waals surface area contributed by atoms with Gasteiger partial charge in [-0.3, -0.25) is 4.98 Å². The monoisotopic (exact) mass is 410 g/mol. The molecule has 0 aliphatic carbocycles. The van der Waals surface area contributed by atoms with Gasteiger partial charge in [-0.15, -0.1) is 0 Å². The third-order valence-corrected chi connectivity index (χ3v) is 5.23. The lowest BCUT2D eigenvalue weighted by molar-refractivity contribution is 1.34. The van der Waals surface area contributed by atoms with Crippen molar-refractivity contribution in [2.75, 3.05) is 0 Å². The summed E-state index contributed by atoms with van der Waals surface area (Å²) in [4.78, 5) is 9.47. The molecule has 5 aromatic rings. The summed E-state index contributed by atoms with van der Waals surface area (Å²) in [5.41, 5.74) is 6.52. The fourth-order valence-corrected chi connectivity index (χ4v) is 4.00. The number of benzene rings is 3. The summed E-state index contributed by atoms with van der Waals surface area (Å²) >= 11 is 3.59. The maximum absolute atomic E-state index is 4.78. The molecule has 5 rings (SSSR count). The van der Waals surface area contributed by atoms with Gasteiger partial charge in [-0.1, -0.05) is 72.8 Å². The molecular formula is C24H15BrN2. The number of hydrogen-bond acceptors (Lipinski definition) is 2. The fraction of sp³-hybridized carbons (Fsp3) is 0. The second-order valence-corrected chi connectivity index (χ2v) is 7.25. The topological polar surface area (TPSA) is 25.8 Å². The van der Waals surface area contributed by atoms with Crippen molar-refractivity contribution in [2.45, 2.75) is 0 Å². The van der Waals surface area contributed by atoms with Crippen molar-refractivity contribution in [1.82, 2.24) is 9.97 Å². The van der Waals surface area contributed by atoms with Crippen LogP contribution in [0.2, 0.25) is 0 Å². The predicted molar refractivity (Wildman–Crippen MR) is 116 cm³/mol. The van der Waals surface area contributed by atoms with Crippen LogP contribution in [-0.4, -0.2) is 9.97 Å². The van der Waals surface area contributed by atoms with Gasteiger partial charge < -0.3 is 0 Å². The maximum Gasteiger partial charge on any atom is 0.107 e. The molecule has 27 heavy (non-hydrogen) atoms. The van der Waals surface area contributed by atoms with Crippen LogP contribution in [-0.2, 0) is 0 Å². The van der Waals surface area contributed by atoms with E-state index in [1.807, 2.05) is 18.3 Å².